The minimum absolute atomic E-state index is 0.238. The maximum Gasteiger partial charge on any atom is 0.267 e. The highest BCUT2D eigenvalue weighted by atomic mass is 16.5. The lowest BCUT2D eigenvalue weighted by molar-refractivity contribution is 0.0955. The van der Waals surface area contributed by atoms with E-state index < -0.39 is 5.91 Å². The van der Waals surface area contributed by atoms with Gasteiger partial charge in [0, 0.05) is 17.1 Å². The van der Waals surface area contributed by atoms with E-state index in [0.717, 1.165) is 12.8 Å². The van der Waals surface area contributed by atoms with Crippen molar-refractivity contribution in [2.45, 2.75) is 19.8 Å². The van der Waals surface area contributed by atoms with Gasteiger partial charge < -0.3 is 4.74 Å². The molecule has 0 saturated carbocycles. The Balaban J connectivity index is 1.98. The predicted octanol–water partition coefficient (Wildman–Crippen LogP) is 3.11. The molecular formula is C20H21N3O3. The first-order valence-corrected chi connectivity index (χ1v) is 8.54. The van der Waals surface area contributed by atoms with E-state index in [1.165, 1.54) is 10.8 Å². The van der Waals surface area contributed by atoms with E-state index in [4.69, 9.17) is 10.6 Å². The number of nitrogens with zero attached hydrogens (tertiary/aromatic N) is 1. The van der Waals surface area contributed by atoms with Crippen molar-refractivity contribution in [1.82, 2.24) is 9.99 Å². The summed E-state index contributed by atoms with van der Waals surface area (Å²) in [6, 6.07) is 14.3. The number of aromatic nitrogens is 1. The SMILES string of the molecule is CCCCOc1cccc(C(=O)n2cc(C(=O)NN)c3ccccc32)c1. The quantitative estimate of drug-likeness (QED) is 0.309. The zero-order valence-electron chi connectivity index (χ0n) is 14.6. The number of carbonyl (C=O) groups is 2. The highest BCUT2D eigenvalue weighted by Crippen LogP contribution is 2.23. The second-order valence-electron chi connectivity index (χ2n) is 5.94. The molecule has 26 heavy (non-hydrogen) atoms. The molecule has 6 nitrogen and oxygen atoms in total. The largest absolute Gasteiger partial charge is 0.494 e. The van der Waals surface area contributed by atoms with Crippen molar-refractivity contribution in [3.8, 4) is 5.75 Å². The Morgan fingerprint density at radius 1 is 1.15 bits per heavy atom. The van der Waals surface area contributed by atoms with Gasteiger partial charge in [0.05, 0.1) is 17.7 Å². The minimum Gasteiger partial charge on any atom is -0.494 e. The van der Waals surface area contributed by atoms with Gasteiger partial charge in [-0.25, -0.2) is 5.84 Å². The first kappa shape index (κ1) is 17.7. The van der Waals surface area contributed by atoms with Crippen LogP contribution in [-0.4, -0.2) is 23.0 Å². The molecule has 0 atom stereocenters. The van der Waals surface area contributed by atoms with Crippen LogP contribution < -0.4 is 16.0 Å². The van der Waals surface area contributed by atoms with Crippen molar-refractivity contribution < 1.29 is 14.3 Å². The zero-order chi connectivity index (χ0) is 18.5. The summed E-state index contributed by atoms with van der Waals surface area (Å²) in [5.74, 6) is 5.23. The van der Waals surface area contributed by atoms with Crippen LogP contribution in [0.1, 0.15) is 40.5 Å². The normalized spacial score (nSPS) is 10.7. The summed E-state index contributed by atoms with van der Waals surface area (Å²) in [6.45, 7) is 2.71. The van der Waals surface area contributed by atoms with Crippen molar-refractivity contribution >= 4 is 22.7 Å². The van der Waals surface area contributed by atoms with E-state index >= 15 is 0 Å². The first-order valence-electron chi connectivity index (χ1n) is 8.54. The van der Waals surface area contributed by atoms with Crippen LogP contribution in [0.2, 0.25) is 0 Å². The van der Waals surface area contributed by atoms with Crippen LogP contribution in [0, 0.1) is 0 Å². The molecule has 1 heterocycles. The predicted molar refractivity (Wildman–Crippen MR) is 100 cm³/mol. The standard InChI is InChI=1S/C20H21N3O3/c1-2-3-11-26-15-8-6-7-14(12-15)20(25)23-13-17(19(24)22-21)16-9-4-5-10-18(16)23/h4-10,12-13H,2-3,11,21H2,1H3,(H,22,24). The minimum atomic E-state index is -0.440. The maximum absolute atomic E-state index is 13.0. The average molecular weight is 351 g/mol. The zero-order valence-corrected chi connectivity index (χ0v) is 14.6. The lowest BCUT2D eigenvalue weighted by Crippen LogP contribution is -2.29. The van der Waals surface area contributed by atoms with Crippen LogP contribution in [0.4, 0.5) is 0 Å². The van der Waals surface area contributed by atoms with E-state index in [1.807, 2.05) is 18.2 Å². The Bertz CT molecular complexity index is 946. The number of unbranched alkanes of at least 4 members (excludes halogenated alkanes) is 1. The van der Waals surface area contributed by atoms with Crippen LogP contribution in [0.25, 0.3) is 10.9 Å². The molecule has 3 aromatic rings. The van der Waals surface area contributed by atoms with Crippen LogP contribution in [0.15, 0.2) is 54.7 Å². The third kappa shape index (κ3) is 3.45. The van der Waals surface area contributed by atoms with Gasteiger partial charge in [0.15, 0.2) is 0 Å². The molecule has 6 heteroatoms. The summed E-state index contributed by atoms with van der Waals surface area (Å²) in [4.78, 5) is 25.0. The second kappa shape index (κ2) is 7.84. The van der Waals surface area contributed by atoms with E-state index in [2.05, 4.69) is 12.3 Å². The fourth-order valence-corrected chi connectivity index (χ4v) is 2.80. The fourth-order valence-electron chi connectivity index (χ4n) is 2.80. The Labute approximate surface area is 151 Å². The molecule has 0 saturated heterocycles. The number of carbonyl (C=O) groups excluding carboxylic acids is 2. The van der Waals surface area contributed by atoms with Gasteiger partial charge in [-0.15, -0.1) is 0 Å². The van der Waals surface area contributed by atoms with E-state index in [9.17, 15) is 9.59 Å². The summed E-state index contributed by atoms with van der Waals surface area (Å²) in [7, 11) is 0. The van der Waals surface area contributed by atoms with Crippen LogP contribution >= 0.6 is 0 Å². The lowest BCUT2D eigenvalue weighted by Gasteiger charge is -2.08. The highest BCUT2D eigenvalue weighted by Gasteiger charge is 2.18. The molecule has 3 rings (SSSR count). The molecule has 0 spiro atoms. The molecular weight excluding hydrogens is 330 g/mol. The molecule has 0 fully saturated rings. The fraction of sp³-hybridized carbons (Fsp3) is 0.200. The van der Waals surface area contributed by atoms with Crippen LogP contribution in [-0.2, 0) is 0 Å². The Hall–Kier alpha value is -3.12. The number of nitrogen functional groups attached to an aromatic ring is 1. The molecule has 0 aliphatic rings. The number of benzene rings is 2. The summed E-state index contributed by atoms with van der Waals surface area (Å²) >= 11 is 0. The average Bonchev–Trinajstić information content (AvgIpc) is 3.07. The number of amides is 1. The number of ether oxygens (including phenoxy) is 1. The smallest absolute Gasteiger partial charge is 0.267 e. The molecule has 3 N–H and O–H groups in total. The molecule has 0 radical (unpaired) electrons. The van der Waals surface area contributed by atoms with E-state index in [-0.39, 0.29) is 5.91 Å². The van der Waals surface area contributed by atoms with E-state index in [1.54, 1.807) is 30.3 Å². The number of nitrogens with two attached hydrogens (primary N) is 1. The summed E-state index contributed by atoms with van der Waals surface area (Å²) in [6.07, 6.45) is 3.51. The molecule has 134 valence electrons. The molecule has 1 aromatic heterocycles. The van der Waals surface area contributed by atoms with Gasteiger partial charge in [-0.05, 0) is 30.7 Å². The van der Waals surface area contributed by atoms with Gasteiger partial charge in [0.2, 0.25) is 0 Å². The summed E-state index contributed by atoms with van der Waals surface area (Å²) < 4.78 is 7.14. The van der Waals surface area contributed by atoms with Gasteiger partial charge in [-0.3, -0.25) is 19.6 Å². The second-order valence-corrected chi connectivity index (χ2v) is 5.94. The van der Waals surface area contributed by atoms with Crippen molar-refractivity contribution in [3.63, 3.8) is 0 Å². The number of hydrogen-bond acceptors (Lipinski definition) is 4. The van der Waals surface area contributed by atoms with Gasteiger partial charge in [-0.2, -0.15) is 0 Å². The van der Waals surface area contributed by atoms with E-state index in [0.29, 0.717) is 34.4 Å². The topological polar surface area (TPSA) is 86.3 Å². The number of hydrogen-bond donors (Lipinski definition) is 2. The van der Waals surface area contributed by atoms with Gasteiger partial charge in [-0.1, -0.05) is 37.6 Å². The third-order valence-electron chi connectivity index (χ3n) is 4.15. The molecule has 0 unspecified atom stereocenters. The molecule has 2 aromatic carbocycles. The number of fused-ring (bicyclic) bond motifs is 1. The van der Waals surface area contributed by atoms with Crippen molar-refractivity contribution in [2.75, 3.05) is 6.61 Å². The molecule has 0 bridgehead atoms. The first-order chi connectivity index (χ1) is 12.7. The maximum atomic E-state index is 13.0. The molecule has 0 aliphatic heterocycles. The summed E-state index contributed by atoms with van der Waals surface area (Å²) in [5, 5.41) is 0.666. The Kier molecular flexibility index (Phi) is 5.34. The van der Waals surface area contributed by atoms with Crippen molar-refractivity contribution in [3.05, 3.63) is 65.9 Å². The molecule has 1 amide bonds. The monoisotopic (exact) mass is 351 g/mol. The van der Waals surface area contributed by atoms with Gasteiger partial charge >= 0.3 is 0 Å². The number of nitrogens with one attached hydrogen (secondary N) is 1. The van der Waals surface area contributed by atoms with Gasteiger partial charge in [0.25, 0.3) is 11.8 Å². The number of rotatable bonds is 6. The number of hydrazine groups is 1. The third-order valence-corrected chi connectivity index (χ3v) is 4.15. The molecule has 0 aliphatic carbocycles. The highest BCUT2D eigenvalue weighted by molar-refractivity contribution is 6.11. The Morgan fingerprint density at radius 3 is 2.73 bits per heavy atom. The van der Waals surface area contributed by atoms with Crippen LogP contribution in [0.3, 0.4) is 0 Å². The van der Waals surface area contributed by atoms with Crippen molar-refractivity contribution in [1.29, 1.82) is 0 Å². The van der Waals surface area contributed by atoms with Crippen molar-refractivity contribution in [2.24, 2.45) is 5.84 Å². The summed E-state index contributed by atoms with van der Waals surface area (Å²) in [5.41, 5.74) is 3.61. The van der Waals surface area contributed by atoms with Gasteiger partial charge in [0.1, 0.15) is 5.75 Å². The van der Waals surface area contributed by atoms with Crippen LogP contribution in [0.5, 0.6) is 5.75 Å². The number of para-hydroxylation sites is 1. The Morgan fingerprint density at radius 2 is 1.96 bits per heavy atom. The lowest BCUT2D eigenvalue weighted by atomic mass is 10.1.